The van der Waals surface area contributed by atoms with Crippen LogP contribution in [0.2, 0.25) is 0 Å². The number of aliphatic hydroxyl groups is 1. The van der Waals surface area contributed by atoms with Crippen molar-refractivity contribution in [2.75, 3.05) is 0 Å². The van der Waals surface area contributed by atoms with E-state index in [-0.39, 0.29) is 18.3 Å². The summed E-state index contributed by atoms with van der Waals surface area (Å²) in [6.07, 6.45) is -0.432. The van der Waals surface area contributed by atoms with Gasteiger partial charge in [0.05, 0.1) is 12.5 Å². The van der Waals surface area contributed by atoms with E-state index >= 15 is 0 Å². The number of ether oxygens (including phenoxy) is 1. The Balaban J connectivity index is 4.21. The third kappa shape index (κ3) is 6.08. The zero-order valence-corrected chi connectivity index (χ0v) is 9.78. The van der Waals surface area contributed by atoms with Crippen LogP contribution in [-0.2, 0) is 9.53 Å². The predicted molar refractivity (Wildman–Crippen MR) is 55.9 cm³/mol. The van der Waals surface area contributed by atoms with Gasteiger partial charge in [-0.1, -0.05) is 6.92 Å². The minimum absolute atomic E-state index is 0.0858. The fraction of sp³-hybridized carbons (Fsp3) is 0.818. The fourth-order valence-corrected chi connectivity index (χ4v) is 1.18. The first-order valence-electron chi connectivity index (χ1n) is 5.09. The predicted octanol–water partition coefficient (Wildman–Crippen LogP) is 1.63. The highest BCUT2D eigenvalue weighted by Gasteiger charge is 2.24. The molecule has 0 aromatic rings. The van der Waals surface area contributed by atoms with Gasteiger partial charge in [0, 0.05) is 5.92 Å². The molecule has 86 valence electrons. The molecule has 0 rings (SSSR count). The van der Waals surface area contributed by atoms with Gasteiger partial charge >= 0.3 is 5.97 Å². The smallest absolute Gasteiger partial charge is 0.306 e. The Bertz CT molecular complexity index is 250. The molecule has 0 amide bonds. The number of carbonyl (C=O) groups excluding carboxylic acids is 1. The van der Waals surface area contributed by atoms with E-state index < -0.39 is 11.7 Å². The van der Waals surface area contributed by atoms with E-state index in [2.05, 4.69) is 0 Å². The fourth-order valence-electron chi connectivity index (χ4n) is 1.18. The SMILES string of the molecule is CCC(CC(=O)OC(C)(C)C)C(O)C#N. The zero-order valence-electron chi connectivity index (χ0n) is 9.78. The standard InChI is InChI=1S/C11H19NO3/c1-5-8(9(13)7-12)6-10(14)15-11(2,3)4/h8-9,13H,5-6H2,1-4H3. The number of esters is 1. The summed E-state index contributed by atoms with van der Waals surface area (Å²) < 4.78 is 5.11. The van der Waals surface area contributed by atoms with Crippen molar-refractivity contribution in [2.24, 2.45) is 5.92 Å². The first kappa shape index (κ1) is 13.9. The topological polar surface area (TPSA) is 70.3 Å². The lowest BCUT2D eigenvalue weighted by atomic mass is 9.96. The van der Waals surface area contributed by atoms with Gasteiger partial charge in [-0.25, -0.2) is 0 Å². The molecule has 1 N–H and O–H groups in total. The van der Waals surface area contributed by atoms with Crippen molar-refractivity contribution in [3.8, 4) is 6.07 Å². The Morgan fingerprint density at radius 1 is 1.53 bits per heavy atom. The van der Waals surface area contributed by atoms with Crippen LogP contribution in [0.25, 0.3) is 0 Å². The molecule has 0 aliphatic heterocycles. The number of nitrogens with zero attached hydrogens (tertiary/aromatic N) is 1. The molecule has 0 fully saturated rings. The number of hydrogen-bond acceptors (Lipinski definition) is 4. The maximum atomic E-state index is 11.4. The zero-order chi connectivity index (χ0) is 12.1. The van der Waals surface area contributed by atoms with Crippen LogP contribution in [0.1, 0.15) is 40.5 Å². The highest BCUT2D eigenvalue weighted by Crippen LogP contribution is 2.17. The molecule has 4 nitrogen and oxygen atoms in total. The van der Waals surface area contributed by atoms with Gasteiger partial charge in [0.15, 0.2) is 0 Å². The van der Waals surface area contributed by atoms with Gasteiger partial charge in [-0.05, 0) is 27.2 Å². The van der Waals surface area contributed by atoms with E-state index in [0.717, 1.165) is 0 Å². The van der Waals surface area contributed by atoms with Crippen LogP contribution in [0.3, 0.4) is 0 Å². The number of hydrogen-bond donors (Lipinski definition) is 1. The summed E-state index contributed by atoms with van der Waals surface area (Å²) in [6.45, 7) is 7.18. The van der Waals surface area contributed by atoms with Crippen LogP contribution in [0, 0.1) is 17.2 Å². The molecule has 0 bridgehead atoms. The number of aliphatic hydroxyl groups excluding tert-OH is 1. The van der Waals surface area contributed by atoms with Gasteiger partial charge in [-0.3, -0.25) is 4.79 Å². The highest BCUT2D eigenvalue weighted by atomic mass is 16.6. The lowest BCUT2D eigenvalue weighted by Gasteiger charge is -2.22. The minimum Gasteiger partial charge on any atom is -0.460 e. The molecule has 0 aromatic carbocycles. The summed E-state index contributed by atoms with van der Waals surface area (Å²) in [7, 11) is 0. The Morgan fingerprint density at radius 3 is 2.40 bits per heavy atom. The quantitative estimate of drug-likeness (QED) is 0.569. The number of carbonyl (C=O) groups is 1. The summed E-state index contributed by atoms with van der Waals surface area (Å²) in [5, 5.41) is 17.8. The Hall–Kier alpha value is -1.08. The van der Waals surface area contributed by atoms with Crippen molar-refractivity contribution in [3.63, 3.8) is 0 Å². The Labute approximate surface area is 90.9 Å². The first-order valence-corrected chi connectivity index (χ1v) is 5.09. The second-order valence-electron chi connectivity index (χ2n) is 4.53. The molecule has 0 saturated heterocycles. The molecule has 0 radical (unpaired) electrons. The van der Waals surface area contributed by atoms with Crippen molar-refractivity contribution < 1.29 is 14.6 Å². The molecule has 0 spiro atoms. The van der Waals surface area contributed by atoms with Crippen LogP contribution in [0.5, 0.6) is 0 Å². The molecule has 15 heavy (non-hydrogen) atoms. The Kier molecular flexibility index (Phi) is 5.31. The molecule has 0 saturated carbocycles. The second-order valence-corrected chi connectivity index (χ2v) is 4.53. The maximum absolute atomic E-state index is 11.4. The average Bonchev–Trinajstić information content (AvgIpc) is 2.10. The average molecular weight is 213 g/mol. The molecular formula is C11H19NO3. The Morgan fingerprint density at radius 2 is 2.07 bits per heavy atom. The third-order valence-electron chi connectivity index (χ3n) is 1.95. The van der Waals surface area contributed by atoms with E-state index in [1.807, 2.05) is 6.92 Å². The van der Waals surface area contributed by atoms with Crippen LogP contribution < -0.4 is 0 Å². The molecule has 2 unspecified atom stereocenters. The molecular weight excluding hydrogens is 194 g/mol. The van der Waals surface area contributed by atoms with E-state index in [1.165, 1.54) is 0 Å². The van der Waals surface area contributed by atoms with Gasteiger partial charge in [0.2, 0.25) is 0 Å². The largest absolute Gasteiger partial charge is 0.460 e. The number of nitriles is 1. The van der Waals surface area contributed by atoms with E-state index in [0.29, 0.717) is 6.42 Å². The van der Waals surface area contributed by atoms with Crippen molar-refractivity contribution in [1.29, 1.82) is 5.26 Å². The van der Waals surface area contributed by atoms with Crippen LogP contribution in [-0.4, -0.2) is 22.8 Å². The third-order valence-corrected chi connectivity index (χ3v) is 1.95. The van der Waals surface area contributed by atoms with Gasteiger partial charge in [-0.2, -0.15) is 5.26 Å². The van der Waals surface area contributed by atoms with Gasteiger partial charge in [-0.15, -0.1) is 0 Å². The monoisotopic (exact) mass is 213 g/mol. The highest BCUT2D eigenvalue weighted by molar-refractivity contribution is 5.70. The van der Waals surface area contributed by atoms with Gasteiger partial charge < -0.3 is 9.84 Å². The molecule has 0 aliphatic rings. The molecule has 0 aliphatic carbocycles. The maximum Gasteiger partial charge on any atom is 0.306 e. The number of rotatable bonds is 4. The van der Waals surface area contributed by atoms with Gasteiger partial charge in [0.1, 0.15) is 11.7 Å². The lowest BCUT2D eigenvalue weighted by Crippen LogP contribution is -2.28. The summed E-state index contributed by atoms with van der Waals surface area (Å²) in [6, 6.07) is 1.73. The second kappa shape index (κ2) is 5.72. The summed E-state index contributed by atoms with van der Waals surface area (Å²) in [4.78, 5) is 11.4. The first-order chi connectivity index (χ1) is 6.80. The minimum atomic E-state index is -1.09. The van der Waals surface area contributed by atoms with E-state index in [1.54, 1.807) is 26.8 Å². The summed E-state index contributed by atoms with van der Waals surface area (Å²) >= 11 is 0. The van der Waals surface area contributed by atoms with Crippen molar-refractivity contribution in [2.45, 2.75) is 52.2 Å². The molecule has 2 atom stereocenters. The molecule has 0 heterocycles. The van der Waals surface area contributed by atoms with Crippen LogP contribution >= 0.6 is 0 Å². The summed E-state index contributed by atoms with van der Waals surface area (Å²) in [5.41, 5.74) is -0.521. The van der Waals surface area contributed by atoms with Crippen molar-refractivity contribution >= 4 is 5.97 Å². The normalized spacial score (nSPS) is 15.2. The van der Waals surface area contributed by atoms with Crippen molar-refractivity contribution in [1.82, 2.24) is 0 Å². The van der Waals surface area contributed by atoms with Crippen LogP contribution in [0.15, 0.2) is 0 Å². The van der Waals surface area contributed by atoms with Crippen molar-refractivity contribution in [3.05, 3.63) is 0 Å². The van der Waals surface area contributed by atoms with E-state index in [4.69, 9.17) is 10.00 Å². The van der Waals surface area contributed by atoms with Crippen LogP contribution in [0.4, 0.5) is 0 Å². The van der Waals surface area contributed by atoms with E-state index in [9.17, 15) is 9.90 Å². The summed E-state index contributed by atoms with van der Waals surface area (Å²) in [5.74, 6) is -0.714. The molecule has 4 heteroatoms. The molecule has 0 aromatic heterocycles. The van der Waals surface area contributed by atoms with Gasteiger partial charge in [0.25, 0.3) is 0 Å². The lowest BCUT2D eigenvalue weighted by molar-refractivity contribution is -0.156.